The molecule has 0 aliphatic carbocycles. The number of anilines is 2. The SMILES string of the molecule is Nc1n[nH]c(N)c1-c1nc2ccc(Cl)cc2[nH]1. The molecule has 86 valence electrons. The molecular weight excluding hydrogens is 240 g/mol. The van der Waals surface area contributed by atoms with Crippen molar-refractivity contribution in [3.63, 3.8) is 0 Å². The molecule has 0 atom stereocenters. The maximum atomic E-state index is 5.90. The standard InChI is InChI=1S/C10H9ClN6/c11-4-1-2-5-6(3-4)15-10(14-5)7-8(12)16-17-9(7)13/h1-3H,(H,14,15)(H5,12,13,16,17). The van der Waals surface area contributed by atoms with Gasteiger partial charge in [-0.1, -0.05) is 11.6 Å². The third-order valence-corrected chi connectivity index (χ3v) is 2.74. The summed E-state index contributed by atoms with van der Waals surface area (Å²) in [6, 6.07) is 5.39. The third kappa shape index (κ3) is 1.50. The van der Waals surface area contributed by atoms with E-state index < -0.39 is 0 Å². The Morgan fingerprint density at radius 3 is 2.76 bits per heavy atom. The maximum Gasteiger partial charge on any atom is 0.158 e. The first-order chi connectivity index (χ1) is 8.15. The van der Waals surface area contributed by atoms with E-state index >= 15 is 0 Å². The van der Waals surface area contributed by atoms with Gasteiger partial charge in [-0.05, 0) is 18.2 Å². The van der Waals surface area contributed by atoms with Gasteiger partial charge in [0.15, 0.2) is 5.82 Å². The maximum absolute atomic E-state index is 5.90. The minimum atomic E-state index is 0.313. The van der Waals surface area contributed by atoms with Crippen molar-refractivity contribution in [3.8, 4) is 11.4 Å². The molecule has 0 bridgehead atoms. The summed E-state index contributed by atoms with van der Waals surface area (Å²) in [5, 5.41) is 7.07. The number of nitrogens with two attached hydrogens (primary N) is 2. The quantitative estimate of drug-likeness (QED) is 0.526. The highest BCUT2D eigenvalue weighted by Gasteiger charge is 2.14. The molecule has 3 aromatic rings. The number of halogens is 1. The lowest BCUT2D eigenvalue weighted by atomic mass is 10.3. The van der Waals surface area contributed by atoms with E-state index in [1.54, 1.807) is 12.1 Å². The number of nitrogens with zero attached hydrogens (tertiary/aromatic N) is 2. The van der Waals surface area contributed by atoms with E-state index in [1.165, 1.54) is 0 Å². The summed E-state index contributed by atoms with van der Waals surface area (Å²) in [5.74, 6) is 1.27. The van der Waals surface area contributed by atoms with Gasteiger partial charge in [-0.3, -0.25) is 5.10 Å². The van der Waals surface area contributed by atoms with Crippen molar-refractivity contribution in [2.45, 2.75) is 0 Å². The molecule has 1 aromatic carbocycles. The average Bonchev–Trinajstić information content (AvgIpc) is 2.81. The number of nitrogen functional groups attached to an aromatic ring is 2. The van der Waals surface area contributed by atoms with Crippen molar-refractivity contribution in [2.75, 3.05) is 11.5 Å². The Morgan fingerprint density at radius 2 is 2.06 bits per heavy atom. The molecule has 0 fully saturated rings. The zero-order valence-electron chi connectivity index (χ0n) is 8.66. The molecule has 3 rings (SSSR count). The van der Waals surface area contributed by atoms with Gasteiger partial charge < -0.3 is 16.5 Å². The third-order valence-electron chi connectivity index (χ3n) is 2.50. The van der Waals surface area contributed by atoms with Crippen molar-refractivity contribution in [1.29, 1.82) is 0 Å². The van der Waals surface area contributed by atoms with E-state index in [1.807, 2.05) is 6.07 Å². The normalized spacial score (nSPS) is 11.1. The van der Waals surface area contributed by atoms with Crippen molar-refractivity contribution >= 4 is 34.3 Å². The van der Waals surface area contributed by atoms with Gasteiger partial charge in [0.2, 0.25) is 0 Å². The zero-order valence-corrected chi connectivity index (χ0v) is 9.42. The number of aromatic nitrogens is 4. The van der Waals surface area contributed by atoms with Gasteiger partial charge in [0.05, 0.1) is 11.0 Å². The number of hydrogen-bond donors (Lipinski definition) is 4. The second-order valence-corrected chi connectivity index (χ2v) is 4.08. The van der Waals surface area contributed by atoms with Crippen LogP contribution in [0.15, 0.2) is 18.2 Å². The van der Waals surface area contributed by atoms with Crippen LogP contribution in [0.1, 0.15) is 0 Å². The fourth-order valence-electron chi connectivity index (χ4n) is 1.72. The largest absolute Gasteiger partial charge is 0.383 e. The van der Waals surface area contributed by atoms with Crippen LogP contribution in [0, 0.1) is 0 Å². The van der Waals surface area contributed by atoms with Crippen LogP contribution in [0.2, 0.25) is 5.02 Å². The smallest absolute Gasteiger partial charge is 0.158 e. The van der Waals surface area contributed by atoms with E-state index in [9.17, 15) is 0 Å². The fourth-order valence-corrected chi connectivity index (χ4v) is 1.89. The highest BCUT2D eigenvalue weighted by molar-refractivity contribution is 6.31. The summed E-state index contributed by atoms with van der Waals surface area (Å²) >= 11 is 5.90. The predicted molar refractivity (Wildman–Crippen MR) is 67.5 cm³/mol. The van der Waals surface area contributed by atoms with E-state index in [2.05, 4.69) is 20.2 Å². The van der Waals surface area contributed by atoms with Crippen molar-refractivity contribution in [1.82, 2.24) is 20.2 Å². The number of aromatic amines is 2. The van der Waals surface area contributed by atoms with Crippen molar-refractivity contribution < 1.29 is 0 Å². The predicted octanol–water partition coefficient (Wildman–Crippen LogP) is 1.77. The fraction of sp³-hybridized carbons (Fsp3) is 0. The Morgan fingerprint density at radius 1 is 1.24 bits per heavy atom. The van der Waals surface area contributed by atoms with Crippen molar-refractivity contribution in [2.24, 2.45) is 0 Å². The molecule has 2 heterocycles. The summed E-state index contributed by atoms with van der Waals surface area (Å²) in [6.45, 7) is 0. The molecule has 7 heteroatoms. The topological polar surface area (TPSA) is 109 Å². The minimum absolute atomic E-state index is 0.313. The Labute approximate surface area is 101 Å². The molecule has 0 saturated carbocycles. The van der Waals surface area contributed by atoms with Crippen LogP contribution in [0.4, 0.5) is 11.6 Å². The lowest BCUT2D eigenvalue weighted by Crippen LogP contribution is -1.92. The van der Waals surface area contributed by atoms with Gasteiger partial charge in [0, 0.05) is 5.02 Å². The molecule has 0 aliphatic heterocycles. The van der Waals surface area contributed by atoms with Crippen LogP contribution in [-0.2, 0) is 0 Å². The molecule has 0 spiro atoms. The number of imidazole rings is 1. The number of benzene rings is 1. The van der Waals surface area contributed by atoms with Gasteiger partial charge in [-0.25, -0.2) is 4.98 Å². The number of hydrogen-bond acceptors (Lipinski definition) is 4. The summed E-state index contributed by atoms with van der Waals surface area (Å²) in [6.07, 6.45) is 0. The second kappa shape index (κ2) is 3.39. The van der Waals surface area contributed by atoms with Crippen LogP contribution >= 0.6 is 11.6 Å². The van der Waals surface area contributed by atoms with E-state index in [0.717, 1.165) is 11.0 Å². The van der Waals surface area contributed by atoms with Crippen LogP contribution in [-0.4, -0.2) is 20.2 Å². The van der Waals surface area contributed by atoms with Gasteiger partial charge in [0.25, 0.3) is 0 Å². The van der Waals surface area contributed by atoms with Crippen molar-refractivity contribution in [3.05, 3.63) is 23.2 Å². The average molecular weight is 249 g/mol. The Hall–Kier alpha value is -2.21. The Bertz CT molecular complexity index is 678. The van der Waals surface area contributed by atoms with Gasteiger partial charge in [0.1, 0.15) is 17.2 Å². The molecule has 6 N–H and O–H groups in total. The molecular formula is C10H9ClN6. The lowest BCUT2D eigenvalue weighted by molar-refractivity contribution is 1.11. The first-order valence-electron chi connectivity index (χ1n) is 4.90. The Balaban J connectivity index is 2.25. The summed E-state index contributed by atoms with van der Waals surface area (Å²) in [4.78, 5) is 7.49. The van der Waals surface area contributed by atoms with Crippen LogP contribution < -0.4 is 11.5 Å². The molecule has 17 heavy (non-hydrogen) atoms. The van der Waals surface area contributed by atoms with Gasteiger partial charge in [-0.15, -0.1) is 0 Å². The number of nitrogens with one attached hydrogen (secondary N) is 2. The number of fused-ring (bicyclic) bond motifs is 1. The van der Waals surface area contributed by atoms with Gasteiger partial charge in [-0.2, -0.15) is 5.10 Å². The van der Waals surface area contributed by atoms with E-state index in [0.29, 0.717) is 28.0 Å². The monoisotopic (exact) mass is 248 g/mol. The first-order valence-corrected chi connectivity index (χ1v) is 5.28. The minimum Gasteiger partial charge on any atom is -0.383 e. The summed E-state index contributed by atoms with van der Waals surface area (Å²) < 4.78 is 0. The summed E-state index contributed by atoms with van der Waals surface area (Å²) in [5.41, 5.74) is 13.7. The molecule has 0 aliphatic rings. The first kappa shape index (κ1) is 9.98. The van der Waals surface area contributed by atoms with Crippen LogP contribution in [0.3, 0.4) is 0 Å². The highest BCUT2D eigenvalue weighted by atomic mass is 35.5. The summed E-state index contributed by atoms with van der Waals surface area (Å²) in [7, 11) is 0. The van der Waals surface area contributed by atoms with E-state index in [-0.39, 0.29) is 0 Å². The Kier molecular flexibility index (Phi) is 1.99. The lowest BCUT2D eigenvalue weighted by Gasteiger charge is -1.93. The van der Waals surface area contributed by atoms with Crippen LogP contribution in [0.5, 0.6) is 0 Å². The zero-order chi connectivity index (χ0) is 12.0. The molecule has 0 amide bonds. The molecule has 0 saturated heterocycles. The highest BCUT2D eigenvalue weighted by Crippen LogP contribution is 2.29. The molecule has 0 unspecified atom stereocenters. The molecule has 2 aromatic heterocycles. The number of rotatable bonds is 1. The number of H-pyrrole nitrogens is 2. The van der Waals surface area contributed by atoms with Gasteiger partial charge >= 0.3 is 0 Å². The molecule has 0 radical (unpaired) electrons. The second-order valence-electron chi connectivity index (χ2n) is 3.64. The van der Waals surface area contributed by atoms with E-state index in [4.69, 9.17) is 23.1 Å². The van der Waals surface area contributed by atoms with Crippen LogP contribution in [0.25, 0.3) is 22.4 Å². The molecule has 6 nitrogen and oxygen atoms in total.